The fraction of sp³-hybridized carbons (Fsp3) is 0.105. The predicted octanol–water partition coefficient (Wildman–Crippen LogP) is 4.69. The van der Waals surface area contributed by atoms with Crippen molar-refractivity contribution in [2.75, 3.05) is 7.11 Å². The molecule has 0 radical (unpaired) electrons. The van der Waals surface area contributed by atoms with Crippen molar-refractivity contribution in [1.29, 1.82) is 0 Å². The molecule has 4 heteroatoms. The molecule has 0 amide bonds. The molecule has 0 aliphatic heterocycles. The summed E-state index contributed by atoms with van der Waals surface area (Å²) < 4.78 is 7.13. The number of carbonyl (C=O) groups is 1. The minimum atomic E-state index is -0.306. The lowest BCUT2D eigenvalue weighted by Gasteiger charge is -2.06. The molecule has 2 aromatic heterocycles. The van der Waals surface area contributed by atoms with Crippen LogP contribution in [-0.2, 0) is 11.3 Å². The molecule has 2 aromatic carbocycles. The van der Waals surface area contributed by atoms with Gasteiger partial charge in [-0.3, -0.25) is 0 Å². The Hall–Kier alpha value is -2.59. The van der Waals surface area contributed by atoms with Crippen molar-refractivity contribution in [3.05, 3.63) is 70.4 Å². The molecule has 0 aliphatic carbocycles. The van der Waals surface area contributed by atoms with E-state index in [1.807, 2.05) is 30.3 Å². The van der Waals surface area contributed by atoms with Gasteiger partial charge in [0.1, 0.15) is 0 Å². The van der Waals surface area contributed by atoms with Crippen LogP contribution in [0.1, 0.15) is 15.2 Å². The number of benzene rings is 2. The van der Waals surface area contributed by atoms with Gasteiger partial charge < -0.3 is 9.30 Å². The molecule has 0 saturated carbocycles. The average molecular weight is 321 g/mol. The van der Waals surface area contributed by atoms with Crippen LogP contribution in [0.15, 0.2) is 60.0 Å². The summed E-state index contributed by atoms with van der Waals surface area (Å²) >= 11 is 1.74. The highest BCUT2D eigenvalue weighted by Crippen LogP contribution is 2.31. The number of rotatable bonds is 3. The fourth-order valence-electron chi connectivity index (χ4n) is 3.02. The third kappa shape index (κ3) is 2.32. The fourth-order valence-corrected chi connectivity index (χ4v) is 3.72. The monoisotopic (exact) mass is 321 g/mol. The van der Waals surface area contributed by atoms with Gasteiger partial charge >= 0.3 is 5.97 Å². The average Bonchev–Trinajstić information content (AvgIpc) is 3.21. The molecular weight excluding hydrogens is 306 g/mol. The maximum atomic E-state index is 11.9. The van der Waals surface area contributed by atoms with Crippen molar-refractivity contribution in [3.63, 3.8) is 0 Å². The van der Waals surface area contributed by atoms with Gasteiger partial charge in [0.05, 0.1) is 24.7 Å². The first kappa shape index (κ1) is 14.0. The summed E-state index contributed by atoms with van der Waals surface area (Å²) in [5, 5.41) is 4.45. The molecule has 0 unspecified atom stereocenters. The number of methoxy groups -OCH3 is 1. The van der Waals surface area contributed by atoms with Crippen LogP contribution >= 0.6 is 11.3 Å². The standard InChI is InChI=1S/C19H15NO2S/c1-22-19(21)13-8-9-16-15-6-2-3-7-17(15)20(18(16)11-13)12-14-5-4-10-23-14/h2-11H,12H2,1H3. The van der Waals surface area contributed by atoms with E-state index in [1.165, 1.54) is 22.9 Å². The van der Waals surface area contributed by atoms with Crippen LogP contribution in [0.5, 0.6) is 0 Å². The van der Waals surface area contributed by atoms with E-state index in [0.717, 1.165) is 17.4 Å². The molecule has 0 atom stereocenters. The summed E-state index contributed by atoms with van der Waals surface area (Å²) in [7, 11) is 1.41. The van der Waals surface area contributed by atoms with E-state index >= 15 is 0 Å². The summed E-state index contributed by atoms with van der Waals surface area (Å²) in [5.74, 6) is -0.306. The van der Waals surface area contributed by atoms with Crippen LogP contribution < -0.4 is 0 Å². The van der Waals surface area contributed by atoms with Crippen molar-refractivity contribution in [2.24, 2.45) is 0 Å². The number of fused-ring (bicyclic) bond motifs is 3. The number of aromatic nitrogens is 1. The highest BCUT2D eigenvalue weighted by molar-refractivity contribution is 7.09. The van der Waals surface area contributed by atoms with Crippen molar-refractivity contribution >= 4 is 39.1 Å². The van der Waals surface area contributed by atoms with Crippen LogP contribution in [0.25, 0.3) is 21.8 Å². The lowest BCUT2D eigenvalue weighted by molar-refractivity contribution is 0.0601. The predicted molar refractivity (Wildman–Crippen MR) is 94.2 cm³/mol. The van der Waals surface area contributed by atoms with Gasteiger partial charge in [-0.05, 0) is 29.6 Å². The summed E-state index contributed by atoms with van der Waals surface area (Å²) in [4.78, 5) is 13.2. The lowest BCUT2D eigenvalue weighted by Crippen LogP contribution is -2.02. The summed E-state index contributed by atoms with van der Waals surface area (Å²) in [6.45, 7) is 0.798. The molecular formula is C19H15NO2S. The molecule has 114 valence electrons. The van der Waals surface area contributed by atoms with E-state index in [4.69, 9.17) is 4.74 Å². The number of carbonyl (C=O) groups excluding carboxylic acids is 1. The Morgan fingerprint density at radius 1 is 1.04 bits per heavy atom. The summed E-state index contributed by atoms with van der Waals surface area (Å²) in [6, 6.07) is 18.3. The normalized spacial score (nSPS) is 11.2. The van der Waals surface area contributed by atoms with Gasteiger partial charge in [0.25, 0.3) is 0 Å². The third-order valence-electron chi connectivity index (χ3n) is 4.09. The van der Waals surface area contributed by atoms with Crippen molar-refractivity contribution in [3.8, 4) is 0 Å². The second kappa shape index (κ2) is 5.56. The largest absolute Gasteiger partial charge is 0.465 e. The van der Waals surface area contributed by atoms with Gasteiger partial charge in [0.2, 0.25) is 0 Å². The molecule has 23 heavy (non-hydrogen) atoms. The Morgan fingerprint density at radius 2 is 1.87 bits per heavy atom. The molecule has 4 rings (SSSR count). The first-order valence-electron chi connectivity index (χ1n) is 7.39. The van der Waals surface area contributed by atoms with E-state index in [2.05, 4.69) is 34.2 Å². The highest BCUT2D eigenvalue weighted by Gasteiger charge is 2.14. The number of ether oxygens (including phenoxy) is 1. The number of hydrogen-bond acceptors (Lipinski definition) is 3. The Kier molecular flexibility index (Phi) is 3.39. The Bertz CT molecular complexity index is 999. The molecule has 0 fully saturated rings. The maximum Gasteiger partial charge on any atom is 0.337 e. The Balaban J connectivity index is 2.00. The first-order valence-corrected chi connectivity index (χ1v) is 8.27. The van der Waals surface area contributed by atoms with Crippen molar-refractivity contribution in [1.82, 2.24) is 4.57 Å². The third-order valence-corrected chi connectivity index (χ3v) is 4.95. The number of thiophene rings is 1. The summed E-state index contributed by atoms with van der Waals surface area (Å²) in [6.07, 6.45) is 0. The Labute approximate surface area is 137 Å². The van der Waals surface area contributed by atoms with E-state index in [1.54, 1.807) is 11.3 Å². The molecule has 0 aliphatic rings. The molecule has 4 aromatic rings. The zero-order chi connectivity index (χ0) is 15.8. The molecule has 0 bridgehead atoms. The summed E-state index contributed by atoms with van der Waals surface area (Å²) in [5.41, 5.74) is 2.82. The van der Waals surface area contributed by atoms with Gasteiger partial charge in [-0.15, -0.1) is 11.3 Å². The van der Waals surface area contributed by atoms with Gasteiger partial charge in [-0.25, -0.2) is 4.79 Å². The second-order valence-electron chi connectivity index (χ2n) is 5.41. The van der Waals surface area contributed by atoms with Crippen LogP contribution in [0, 0.1) is 0 Å². The number of esters is 1. The van der Waals surface area contributed by atoms with Crippen LogP contribution in [-0.4, -0.2) is 17.6 Å². The van der Waals surface area contributed by atoms with Gasteiger partial charge in [0, 0.05) is 21.2 Å². The minimum absolute atomic E-state index is 0.306. The van der Waals surface area contributed by atoms with Crippen LogP contribution in [0.4, 0.5) is 0 Å². The van der Waals surface area contributed by atoms with Gasteiger partial charge in [0.15, 0.2) is 0 Å². The molecule has 2 heterocycles. The van der Waals surface area contributed by atoms with Crippen LogP contribution in [0.2, 0.25) is 0 Å². The first-order chi connectivity index (χ1) is 11.3. The minimum Gasteiger partial charge on any atom is -0.465 e. The number of nitrogens with zero attached hydrogens (tertiary/aromatic N) is 1. The van der Waals surface area contributed by atoms with E-state index in [9.17, 15) is 4.79 Å². The Morgan fingerprint density at radius 3 is 2.65 bits per heavy atom. The topological polar surface area (TPSA) is 31.2 Å². The maximum absolute atomic E-state index is 11.9. The van der Waals surface area contributed by atoms with Gasteiger partial charge in [-0.1, -0.05) is 30.3 Å². The van der Waals surface area contributed by atoms with Crippen molar-refractivity contribution < 1.29 is 9.53 Å². The van der Waals surface area contributed by atoms with Crippen LogP contribution in [0.3, 0.4) is 0 Å². The number of para-hydroxylation sites is 1. The SMILES string of the molecule is COC(=O)c1ccc2c3ccccc3n(Cc3cccs3)c2c1. The molecule has 0 N–H and O–H groups in total. The van der Waals surface area contributed by atoms with Crippen molar-refractivity contribution in [2.45, 2.75) is 6.54 Å². The zero-order valence-corrected chi connectivity index (χ0v) is 13.5. The smallest absolute Gasteiger partial charge is 0.337 e. The number of hydrogen-bond donors (Lipinski definition) is 0. The quantitative estimate of drug-likeness (QED) is 0.513. The zero-order valence-electron chi connectivity index (χ0n) is 12.7. The lowest BCUT2D eigenvalue weighted by atomic mass is 10.1. The van der Waals surface area contributed by atoms with E-state index in [-0.39, 0.29) is 5.97 Å². The molecule has 0 saturated heterocycles. The van der Waals surface area contributed by atoms with E-state index < -0.39 is 0 Å². The van der Waals surface area contributed by atoms with Gasteiger partial charge in [-0.2, -0.15) is 0 Å². The second-order valence-corrected chi connectivity index (χ2v) is 6.44. The molecule has 3 nitrogen and oxygen atoms in total. The molecule has 0 spiro atoms. The van der Waals surface area contributed by atoms with E-state index in [0.29, 0.717) is 5.56 Å². The highest BCUT2D eigenvalue weighted by atomic mass is 32.1.